The first-order valence-corrected chi connectivity index (χ1v) is 17.1. The van der Waals surface area contributed by atoms with Crippen LogP contribution in [0.1, 0.15) is 37.6 Å². The Balaban J connectivity index is 1.68. The summed E-state index contributed by atoms with van der Waals surface area (Å²) in [4.78, 5) is 12.1. The van der Waals surface area contributed by atoms with E-state index >= 15 is 0 Å². The summed E-state index contributed by atoms with van der Waals surface area (Å²) < 4.78 is 20.2. The number of aliphatic hydroxyl groups excluding tert-OH is 2. The molecule has 0 spiro atoms. The van der Waals surface area contributed by atoms with E-state index in [1.54, 1.807) is 20.3 Å². The molecule has 3 aromatic rings. The van der Waals surface area contributed by atoms with Gasteiger partial charge in [0.25, 0.3) is 5.91 Å². The van der Waals surface area contributed by atoms with Crippen molar-refractivity contribution < 1.29 is 29.2 Å². The number of aliphatic hydroxyl groups is 2. The van der Waals surface area contributed by atoms with Crippen LogP contribution >= 0.6 is 0 Å². The number of ether oxygens (including phenoxy) is 3. The Morgan fingerprint density at radius 2 is 1.93 bits per heavy atom. The minimum atomic E-state index is -2.17. The van der Waals surface area contributed by atoms with Crippen molar-refractivity contribution in [3.05, 3.63) is 59.9 Å². The van der Waals surface area contributed by atoms with E-state index in [1.165, 1.54) is 12.1 Å². The monoisotopic (exact) mass is 582 g/mol. The van der Waals surface area contributed by atoms with Crippen LogP contribution in [0.15, 0.2) is 48.7 Å². The number of nitrogens with zero attached hydrogens (tertiary/aromatic N) is 3. The fourth-order valence-electron chi connectivity index (χ4n) is 5.82. The molecular weight excluding hydrogens is 540 g/mol. The van der Waals surface area contributed by atoms with Crippen molar-refractivity contribution >= 4 is 24.9 Å². The maximum absolute atomic E-state index is 12.1. The summed E-state index contributed by atoms with van der Waals surface area (Å²) in [5.41, 5.74) is 2.40. The number of aromatic nitrogens is 3. The van der Waals surface area contributed by atoms with E-state index < -0.39 is 20.1 Å². The lowest BCUT2D eigenvalue weighted by atomic mass is 9.86. The van der Waals surface area contributed by atoms with Gasteiger partial charge in [-0.3, -0.25) is 9.48 Å². The van der Waals surface area contributed by atoms with Crippen LogP contribution in [0.2, 0.25) is 18.6 Å². The van der Waals surface area contributed by atoms with Gasteiger partial charge in [-0.05, 0) is 49.2 Å². The van der Waals surface area contributed by atoms with Crippen LogP contribution in [-0.2, 0) is 22.5 Å². The van der Waals surface area contributed by atoms with Crippen molar-refractivity contribution in [1.29, 1.82) is 0 Å². The molecule has 2 aromatic carbocycles. The Hall–Kier alpha value is -3.25. The molecule has 0 bridgehead atoms. The largest absolute Gasteiger partial charge is 0.497 e. The van der Waals surface area contributed by atoms with Crippen LogP contribution in [0.25, 0.3) is 0 Å². The second-order valence-electron chi connectivity index (χ2n) is 11.3. The van der Waals surface area contributed by atoms with Crippen molar-refractivity contribution in [2.24, 2.45) is 5.92 Å². The van der Waals surface area contributed by atoms with Gasteiger partial charge in [0, 0.05) is 50.0 Å². The first-order valence-electron chi connectivity index (χ1n) is 14.1. The lowest BCUT2D eigenvalue weighted by molar-refractivity contribution is -0.123. The van der Waals surface area contributed by atoms with Gasteiger partial charge in [-0.2, -0.15) is 0 Å². The van der Waals surface area contributed by atoms with Crippen molar-refractivity contribution in [2.45, 2.75) is 70.2 Å². The van der Waals surface area contributed by atoms with Crippen LogP contribution in [0, 0.1) is 5.92 Å². The molecule has 0 radical (unpaired) electrons. The molecule has 4 rings (SSSR count). The minimum Gasteiger partial charge on any atom is -0.497 e. The van der Waals surface area contributed by atoms with Gasteiger partial charge >= 0.3 is 0 Å². The Bertz CT molecular complexity index is 1310. The van der Waals surface area contributed by atoms with Crippen molar-refractivity contribution in [1.82, 2.24) is 15.0 Å². The summed E-state index contributed by atoms with van der Waals surface area (Å²) in [6.45, 7) is 9.04. The van der Waals surface area contributed by atoms with Gasteiger partial charge in [-0.15, -0.1) is 5.10 Å². The maximum atomic E-state index is 12.1. The molecule has 0 saturated heterocycles. The lowest BCUT2D eigenvalue weighted by Gasteiger charge is -2.46. The number of aryl methyl sites for hydroxylation is 1. The molecule has 1 unspecified atom stereocenters. The van der Waals surface area contributed by atoms with Crippen molar-refractivity contribution in [2.75, 3.05) is 26.1 Å². The predicted molar refractivity (Wildman–Crippen MR) is 159 cm³/mol. The Kier molecular flexibility index (Phi) is 9.85. The van der Waals surface area contributed by atoms with Gasteiger partial charge in [0.1, 0.15) is 23.7 Å². The molecule has 0 fully saturated rings. The van der Waals surface area contributed by atoms with Crippen LogP contribution in [-0.4, -0.2) is 72.2 Å². The molecule has 1 aliphatic rings. The molecule has 1 amide bonds. The molecule has 1 aromatic heterocycles. The SMILES string of the molecule is COc1ccc([Si](C)(C)C(CCn2cc(CCO)nn2)[C@H]2Oc3ccc(NC(=O)[C@H](C)O)cc3[C@@H](OC)[C@@H]2C)cc1. The van der Waals surface area contributed by atoms with E-state index in [1.807, 2.05) is 35.1 Å². The number of carbonyl (C=O) groups excluding carboxylic acids is 1. The average Bonchev–Trinajstić information content (AvgIpc) is 3.40. The van der Waals surface area contributed by atoms with E-state index in [0.29, 0.717) is 18.7 Å². The third-order valence-electron chi connectivity index (χ3n) is 8.26. The summed E-state index contributed by atoms with van der Waals surface area (Å²) in [6, 6.07) is 13.9. The van der Waals surface area contributed by atoms with E-state index in [0.717, 1.165) is 29.2 Å². The highest BCUT2D eigenvalue weighted by Crippen LogP contribution is 2.47. The third kappa shape index (κ3) is 6.80. The van der Waals surface area contributed by atoms with E-state index in [2.05, 4.69) is 47.8 Å². The topological polar surface area (TPSA) is 128 Å². The Morgan fingerprint density at radius 3 is 2.56 bits per heavy atom. The van der Waals surface area contributed by atoms with E-state index in [4.69, 9.17) is 14.2 Å². The molecule has 0 saturated carbocycles. The number of carbonyl (C=O) groups is 1. The molecular formula is C30H42N4O6Si. The zero-order valence-electron chi connectivity index (χ0n) is 24.7. The van der Waals surface area contributed by atoms with Gasteiger partial charge in [-0.25, -0.2) is 0 Å². The van der Waals surface area contributed by atoms with Gasteiger partial charge in [-0.1, -0.05) is 42.6 Å². The van der Waals surface area contributed by atoms with Crippen LogP contribution in [0.3, 0.4) is 0 Å². The molecule has 1 aliphatic heterocycles. The summed E-state index contributed by atoms with van der Waals surface area (Å²) in [5.74, 6) is 1.09. The Morgan fingerprint density at radius 1 is 1.20 bits per heavy atom. The summed E-state index contributed by atoms with van der Waals surface area (Å²) in [7, 11) is 1.21. The van der Waals surface area contributed by atoms with Crippen LogP contribution in [0.4, 0.5) is 5.69 Å². The number of benzene rings is 2. The van der Waals surface area contributed by atoms with E-state index in [9.17, 15) is 15.0 Å². The van der Waals surface area contributed by atoms with Crippen LogP contribution in [0.5, 0.6) is 11.5 Å². The van der Waals surface area contributed by atoms with Gasteiger partial charge < -0.3 is 29.7 Å². The summed E-state index contributed by atoms with van der Waals surface area (Å²) >= 11 is 0. The minimum absolute atomic E-state index is 0.00550. The summed E-state index contributed by atoms with van der Waals surface area (Å²) in [5, 5.41) is 31.5. The fraction of sp³-hybridized carbons (Fsp3) is 0.500. The Labute approximate surface area is 242 Å². The number of amides is 1. The standard InChI is InChI=1S/C30H42N4O6Si/c1-19-28(39-4)25-17-21(31-30(37)20(2)36)7-12-26(25)40-29(19)27(13-15-34-18-22(14-16-35)32-33-34)41(5,6)24-10-8-23(38-3)9-11-24/h7-12,17-20,27-29,35-36H,13-16H2,1-6H3,(H,31,37)/t19-,20-,27?,28-,29-/m0/s1. The fourth-order valence-corrected chi connectivity index (χ4v) is 9.32. The maximum Gasteiger partial charge on any atom is 0.252 e. The average molecular weight is 583 g/mol. The second-order valence-corrected chi connectivity index (χ2v) is 16.1. The second kappa shape index (κ2) is 13.2. The number of nitrogens with one attached hydrogen (secondary N) is 1. The first kappa shape index (κ1) is 30.7. The highest BCUT2D eigenvalue weighted by molar-refractivity contribution is 6.91. The molecule has 2 heterocycles. The van der Waals surface area contributed by atoms with Crippen molar-refractivity contribution in [3.63, 3.8) is 0 Å². The zero-order valence-corrected chi connectivity index (χ0v) is 25.7. The predicted octanol–water partition coefficient (Wildman–Crippen LogP) is 3.30. The molecule has 5 atom stereocenters. The van der Waals surface area contributed by atoms with Gasteiger partial charge in [0.2, 0.25) is 0 Å². The number of hydrogen-bond donors (Lipinski definition) is 3. The molecule has 11 heteroatoms. The number of methoxy groups -OCH3 is 2. The first-order chi connectivity index (χ1) is 19.6. The molecule has 222 valence electrons. The third-order valence-corrected chi connectivity index (χ3v) is 12.5. The smallest absolute Gasteiger partial charge is 0.252 e. The lowest BCUT2D eigenvalue weighted by Crippen LogP contribution is -2.54. The molecule has 10 nitrogen and oxygen atoms in total. The quantitative estimate of drug-likeness (QED) is 0.278. The van der Waals surface area contributed by atoms with Gasteiger partial charge in [0.15, 0.2) is 0 Å². The number of rotatable bonds is 12. The van der Waals surface area contributed by atoms with Crippen molar-refractivity contribution in [3.8, 4) is 11.5 Å². The van der Waals surface area contributed by atoms with Gasteiger partial charge in [0.05, 0.1) is 27.0 Å². The zero-order chi connectivity index (χ0) is 29.7. The molecule has 3 N–H and O–H groups in total. The number of anilines is 1. The highest BCUT2D eigenvalue weighted by atomic mass is 28.3. The molecule has 0 aliphatic carbocycles. The normalized spacial score (nSPS) is 20.0. The summed E-state index contributed by atoms with van der Waals surface area (Å²) in [6.07, 6.45) is 1.68. The molecule has 41 heavy (non-hydrogen) atoms. The highest BCUT2D eigenvalue weighted by Gasteiger charge is 2.47. The number of hydrogen-bond acceptors (Lipinski definition) is 8. The number of fused-ring (bicyclic) bond motifs is 1. The van der Waals surface area contributed by atoms with E-state index in [-0.39, 0.29) is 30.3 Å². The van der Waals surface area contributed by atoms with Crippen LogP contribution < -0.4 is 20.0 Å².